The van der Waals surface area contributed by atoms with Gasteiger partial charge in [0.15, 0.2) is 0 Å². The van der Waals surface area contributed by atoms with Crippen LogP contribution in [-0.2, 0) is 5.60 Å². The highest BCUT2D eigenvalue weighted by molar-refractivity contribution is 6.17. The second-order valence-electron chi connectivity index (χ2n) is 9.98. The average molecular weight is 411 g/mol. The minimum atomic E-state index is -1.12. The highest BCUT2D eigenvalue weighted by Crippen LogP contribution is 2.33. The number of carbonyl (C=O) groups is 1. The van der Waals surface area contributed by atoms with Crippen LogP contribution in [0.15, 0.2) is 6.07 Å². The Kier molecular flexibility index (Phi) is 7.95. The Morgan fingerprint density at radius 2 is 1.53 bits per heavy atom. The lowest BCUT2D eigenvalue weighted by molar-refractivity contribution is 0.0730. The van der Waals surface area contributed by atoms with E-state index in [0.29, 0.717) is 17.2 Å². The first-order valence-corrected chi connectivity index (χ1v) is 12.0. The van der Waals surface area contributed by atoms with Crippen LogP contribution in [-0.4, -0.2) is 34.3 Å². The Morgan fingerprint density at radius 3 is 2.07 bits per heavy atom. The van der Waals surface area contributed by atoms with Gasteiger partial charge in [0.2, 0.25) is 0 Å². The fourth-order valence-corrected chi connectivity index (χ4v) is 4.74. The third kappa shape index (κ3) is 6.53. The van der Waals surface area contributed by atoms with Gasteiger partial charge in [0.05, 0.1) is 5.69 Å². The average Bonchev–Trinajstić information content (AvgIpc) is 3.21. The summed E-state index contributed by atoms with van der Waals surface area (Å²) in [4.78, 5) is 22.5. The first-order valence-electron chi connectivity index (χ1n) is 12.0. The van der Waals surface area contributed by atoms with Gasteiger partial charge in [0.25, 0.3) is 5.91 Å². The molecule has 0 spiro atoms. The van der Waals surface area contributed by atoms with Crippen LogP contribution in [0, 0.1) is 0 Å². The van der Waals surface area contributed by atoms with Crippen molar-refractivity contribution >= 4 is 13.8 Å². The molecule has 2 saturated carbocycles. The highest BCUT2D eigenvalue weighted by atomic mass is 16.3. The molecule has 0 bridgehead atoms. The van der Waals surface area contributed by atoms with Gasteiger partial charge in [-0.25, -0.2) is 9.97 Å². The molecule has 0 aromatic carbocycles. The van der Waals surface area contributed by atoms with Gasteiger partial charge in [-0.15, -0.1) is 0 Å². The van der Waals surface area contributed by atoms with Crippen LogP contribution in [0.4, 0.5) is 0 Å². The van der Waals surface area contributed by atoms with Crippen LogP contribution in [0.25, 0.3) is 0 Å². The van der Waals surface area contributed by atoms with Gasteiger partial charge in [-0.1, -0.05) is 64.2 Å². The number of rotatable bonds is 4. The summed E-state index contributed by atoms with van der Waals surface area (Å²) in [7, 11) is 6.70. The molecule has 1 heterocycles. The molecule has 164 valence electrons. The van der Waals surface area contributed by atoms with Crippen LogP contribution >= 0.6 is 0 Å². The summed E-state index contributed by atoms with van der Waals surface area (Å²) in [6.45, 7) is 3.40. The summed E-state index contributed by atoms with van der Waals surface area (Å²) in [5, 5.41) is 13.7. The second kappa shape index (κ2) is 10.3. The van der Waals surface area contributed by atoms with Gasteiger partial charge in [0, 0.05) is 11.4 Å². The molecule has 1 aromatic heterocycles. The zero-order chi connectivity index (χ0) is 21.6. The van der Waals surface area contributed by atoms with E-state index in [4.69, 9.17) is 7.85 Å². The third-order valence-electron chi connectivity index (χ3n) is 6.68. The van der Waals surface area contributed by atoms with Crippen molar-refractivity contribution in [2.75, 3.05) is 0 Å². The van der Waals surface area contributed by atoms with Crippen molar-refractivity contribution in [1.29, 1.82) is 0 Å². The SMILES string of the molecule is [B]C1(NC(=O)c2cc(C(C)(C)O)nc(C3CCCC3)n2)CCCCCCCCCC1. The van der Waals surface area contributed by atoms with Crippen molar-refractivity contribution in [3.63, 3.8) is 0 Å². The van der Waals surface area contributed by atoms with Gasteiger partial charge in [-0.3, -0.25) is 4.79 Å². The molecule has 0 unspecified atom stereocenters. The molecule has 30 heavy (non-hydrogen) atoms. The van der Waals surface area contributed by atoms with E-state index in [1.165, 1.54) is 25.7 Å². The van der Waals surface area contributed by atoms with Gasteiger partial charge in [-0.05, 0) is 45.6 Å². The number of hydrogen-bond acceptors (Lipinski definition) is 4. The number of carbonyl (C=O) groups excluding carboxylic acids is 1. The number of hydrogen-bond donors (Lipinski definition) is 2. The highest BCUT2D eigenvalue weighted by Gasteiger charge is 2.30. The smallest absolute Gasteiger partial charge is 0.269 e. The maximum absolute atomic E-state index is 13.2. The van der Waals surface area contributed by atoms with E-state index < -0.39 is 11.0 Å². The largest absolute Gasteiger partial charge is 0.384 e. The minimum Gasteiger partial charge on any atom is -0.384 e. The Labute approximate surface area is 183 Å². The van der Waals surface area contributed by atoms with E-state index >= 15 is 0 Å². The molecule has 1 amide bonds. The van der Waals surface area contributed by atoms with Crippen LogP contribution in [0.5, 0.6) is 0 Å². The van der Waals surface area contributed by atoms with E-state index in [0.717, 1.165) is 64.2 Å². The van der Waals surface area contributed by atoms with Gasteiger partial charge in [-0.2, -0.15) is 0 Å². The first-order chi connectivity index (χ1) is 14.3. The molecule has 2 fully saturated rings. The Bertz CT molecular complexity index is 699. The van der Waals surface area contributed by atoms with Crippen molar-refractivity contribution in [2.24, 2.45) is 0 Å². The van der Waals surface area contributed by atoms with Crippen molar-refractivity contribution < 1.29 is 9.90 Å². The normalized spacial score (nSPS) is 21.7. The maximum atomic E-state index is 13.2. The van der Waals surface area contributed by atoms with Crippen LogP contribution < -0.4 is 5.32 Å². The van der Waals surface area contributed by atoms with Gasteiger partial charge < -0.3 is 10.4 Å². The van der Waals surface area contributed by atoms with Crippen LogP contribution in [0.1, 0.15) is 132 Å². The Hall–Kier alpha value is -1.43. The fraction of sp³-hybridized carbons (Fsp3) is 0.792. The molecule has 2 aliphatic rings. The zero-order valence-corrected chi connectivity index (χ0v) is 18.9. The van der Waals surface area contributed by atoms with Crippen molar-refractivity contribution in [1.82, 2.24) is 15.3 Å². The molecule has 2 N–H and O–H groups in total. The van der Waals surface area contributed by atoms with Crippen LogP contribution in [0.3, 0.4) is 0 Å². The number of nitrogens with one attached hydrogen (secondary N) is 1. The van der Waals surface area contributed by atoms with E-state index in [-0.39, 0.29) is 11.8 Å². The Morgan fingerprint density at radius 1 is 1.00 bits per heavy atom. The summed E-state index contributed by atoms with van der Waals surface area (Å²) >= 11 is 0. The Balaban J connectivity index is 1.80. The third-order valence-corrected chi connectivity index (χ3v) is 6.68. The van der Waals surface area contributed by atoms with Gasteiger partial charge in [0.1, 0.15) is 25.0 Å². The predicted molar refractivity (Wildman–Crippen MR) is 121 cm³/mol. The fourth-order valence-electron chi connectivity index (χ4n) is 4.74. The lowest BCUT2D eigenvalue weighted by Gasteiger charge is -2.32. The number of aromatic nitrogens is 2. The molecule has 6 heteroatoms. The lowest BCUT2D eigenvalue weighted by Crippen LogP contribution is -2.49. The number of aliphatic hydroxyl groups is 1. The predicted octanol–water partition coefficient (Wildman–Crippen LogP) is 4.87. The maximum Gasteiger partial charge on any atom is 0.269 e. The monoisotopic (exact) mass is 411 g/mol. The lowest BCUT2D eigenvalue weighted by atomic mass is 9.70. The topological polar surface area (TPSA) is 75.1 Å². The quantitative estimate of drug-likeness (QED) is 0.693. The molecule has 2 aliphatic carbocycles. The molecule has 1 aromatic rings. The van der Waals surface area contributed by atoms with E-state index in [2.05, 4.69) is 15.3 Å². The first kappa shape index (κ1) is 23.2. The molecule has 0 saturated heterocycles. The standard InChI is InChI=1S/C24H38BN3O2/c1-23(2,30)20-17-19(26-21(27-20)18-13-9-10-14-18)22(29)28-24(25)15-11-7-5-3-4-6-8-12-16-24/h17-18,30H,3-16H2,1-2H3,(H,28,29). The molecule has 3 rings (SSSR count). The summed E-state index contributed by atoms with van der Waals surface area (Å²) in [6, 6.07) is 1.63. The summed E-state index contributed by atoms with van der Waals surface area (Å²) < 4.78 is 0. The van der Waals surface area contributed by atoms with E-state index in [1.807, 2.05) is 0 Å². The molecular weight excluding hydrogens is 373 g/mol. The molecule has 2 radical (unpaired) electrons. The van der Waals surface area contributed by atoms with Crippen LogP contribution in [0.2, 0.25) is 0 Å². The van der Waals surface area contributed by atoms with Crippen molar-refractivity contribution in [2.45, 2.75) is 121 Å². The van der Waals surface area contributed by atoms with Crippen molar-refractivity contribution in [3.8, 4) is 0 Å². The summed E-state index contributed by atoms with van der Waals surface area (Å²) in [5.74, 6) is 0.702. The second-order valence-corrected chi connectivity index (χ2v) is 9.98. The van der Waals surface area contributed by atoms with E-state index in [9.17, 15) is 9.90 Å². The number of amides is 1. The summed E-state index contributed by atoms with van der Waals surface area (Å²) in [6.07, 6.45) is 15.5. The van der Waals surface area contributed by atoms with Gasteiger partial charge >= 0.3 is 0 Å². The molecule has 0 atom stereocenters. The zero-order valence-electron chi connectivity index (χ0n) is 18.9. The minimum absolute atomic E-state index is 0.250. The summed E-state index contributed by atoms with van der Waals surface area (Å²) in [5.41, 5.74) is -1.00. The van der Waals surface area contributed by atoms with Crippen molar-refractivity contribution in [3.05, 3.63) is 23.3 Å². The number of nitrogens with zero attached hydrogens (tertiary/aromatic N) is 2. The van der Waals surface area contributed by atoms with E-state index in [1.54, 1.807) is 19.9 Å². The molecule has 0 aliphatic heterocycles. The molecule has 5 nitrogen and oxygen atoms in total. The molecular formula is C24H38BN3O2.